The summed E-state index contributed by atoms with van der Waals surface area (Å²) < 4.78 is 5.39. The fourth-order valence-electron chi connectivity index (χ4n) is 3.71. The van der Waals surface area contributed by atoms with Gasteiger partial charge in [-0.05, 0) is 49.5 Å². The highest BCUT2D eigenvalue weighted by Gasteiger charge is 2.35. The number of likely N-dealkylation sites (tertiary alicyclic amines) is 1. The normalized spacial score (nSPS) is 23.7. The number of carbonyl (C=O) groups is 1. The molecule has 116 valence electrons. The molecule has 0 bridgehead atoms. The van der Waals surface area contributed by atoms with E-state index in [1.807, 2.05) is 6.07 Å². The highest BCUT2D eigenvalue weighted by Crippen LogP contribution is 2.29. The van der Waals surface area contributed by atoms with E-state index >= 15 is 0 Å². The van der Waals surface area contributed by atoms with Crippen LogP contribution >= 0.6 is 11.6 Å². The summed E-state index contributed by atoms with van der Waals surface area (Å²) in [5, 5.41) is 0.432. The molecule has 21 heavy (non-hydrogen) atoms. The maximum absolute atomic E-state index is 12.2. The van der Waals surface area contributed by atoms with E-state index in [-0.39, 0.29) is 0 Å². The average Bonchev–Trinajstić information content (AvgIpc) is 3.12. The molecule has 5 heteroatoms. The van der Waals surface area contributed by atoms with E-state index in [9.17, 15) is 4.79 Å². The summed E-state index contributed by atoms with van der Waals surface area (Å²) in [6.45, 7) is 2.58. The molecule has 2 fully saturated rings. The lowest BCUT2D eigenvalue weighted by Gasteiger charge is -2.25. The van der Waals surface area contributed by atoms with Crippen molar-refractivity contribution in [2.75, 3.05) is 20.1 Å². The number of halogens is 1. The van der Waals surface area contributed by atoms with Gasteiger partial charge in [0.1, 0.15) is 5.76 Å². The van der Waals surface area contributed by atoms with Crippen molar-refractivity contribution in [2.24, 2.45) is 5.92 Å². The SMILES string of the molecule is CN(Cc1ccc(Cl)o1)C[C@@H]1CC(=O)N(C2CCCC2)C1. The van der Waals surface area contributed by atoms with Crippen molar-refractivity contribution in [1.82, 2.24) is 9.80 Å². The zero-order valence-electron chi connectivity index (χ0n) is 12.6. The van der Waals surface area contributed by atoms with E-state index in [1.54, 1.807) is 6.07 Å². The summed E-state index contributed by atoms with van der Waals surface area (Å²) in [5.74, 6) is 1.66. The maximum atomic E-state index is 12.2. The van der Waals surface area contributed by atoms with E-state index in [2.05, 4.69) is 16.8 Å². The van der Waals surface area contributed by atoms with Gasteiger partial charge in [0.2, 0.25) is 5.91 Å². The fraction of sp³-hybridized carbons (Fsp3) is 0.688. The van der Waals surface area contributed by atoms with E-state index in [0.717, 1.165) is 25.4 Å². The Morgan fingerprint density at radius 1 is 1.38 bits per heavy atom. The highest BCUT2D eigenvalue weighted by molar-refractivity contribution is 6.28. The lowest BCUT2D eigenvalue weighted by molar-refractivity contribution is -0.129. The van der Waals surface area contributed by atoms with Crippen molar-refractivity contribution in [3.8, 4) is 0 Å². The molecule has 0 N–H and O–H groups in total. The van der Waals surface area contributed by atoms with Crippen molar-refractivity contribution in [1.29, 1.82) is 0 Å². The average molecular weight is 311 g/mol. The minimum Gasteiger partial charge on any atom is -0.448 e. The lowest BCUT2D eigenvalue weighted by atomic mass is 10.1. The Morgan fingerprint density at radius 2 is 2.14 bits per heavy atom. The Balaban J connectivity index is 1.50. The molecule has 3 rings (SSSR count). The predicted octanol–water partition coefficient (Wildman–Crippen LogP) is 3.16. The van der Waals surface area contributed by atoms with Gasteiger partial charge in [-0.3, -0.25) is 9.69 Å². The first-order valence-corrected chi connectivity index (χ1v) is 8.22. The summed E-state index contributed by atoms with van der Waals surface area (Å²) in [6, 6.07) is 4.19. The molecule has 1 saturated heterocycles. The fourth-order valence-corrected chi connectivity index (χ4v) is 3.87. The second-order valence-electron chi connectivity index (χ2n) is 6.46. The molecule has 1 saturated carbocycles. The van der Waals surface area contributed by atoms with Crippen LogP contribution in [-0.2, 0) is 11.3 Å². The van der Waals surface area contributed by atoms with Crippen LogP contribution in [-0.4, -0.2) is 41.9 Å². The first-order valence-electron chi connectivity index (χ1n) is 7.84. The van der Waals surface area contributed by atoms with Crippen LogP contribution in [0.1, 0.15) is 37.9 Å². The van der Waals surface area contributed by atoms with Gasteiger partial charge < -0.3 is 9.32 Å². The van der Waals surface area contributed by atoms with Gasteiger partial charge in [0.05, 0.1) is 6.54 Å². The van der Waals surface area contributed by atoms with Crippen LogP contribution in [0.4, 0.5) is 0 Å². The van der Waals surface area contributed by atoms with E-state index < -0.39 is 0 Å². The van der Waals surface area contributed by atoms with Crippen LogP contribution in [0.2, 0.25) is 5.22 Å². The Hall–Kier alpha value is -1.00. The summed E-state index contributed by atoms with van der Waals surface area (Å²) in [7, 11) is 2.07. The number of hydrogen-bond donors (Lipinski definition) is 0. The highest BCUT2D eigenvalue weighted by atomic mass is 35.5. The summed E-state index contributed by atoms with van der Waals surface area (Å²) >= 11 is 5.79. The van der Waals surface area contributed by atoms with Crippen molar-refractivity contribution in [3.63, 3.8) is 0 Å². The minimum atomic E-state index is 0.348. The number of rotatable bonds is 5. The molecule has 2 heterocycles. The van der Waals surface area contributed by atoms with Crippen LogP contribution < -0.4 is 0 Å². The zero-order valence-corrected chi connectivity index (χ0v) is 13.3. The van der Waals surface area contributed by atoms with Gasteiger partial charge in [-0.15, -0.1) is 0 Å². The number of hydrogen-bond acceptors (Lipinski definition) is 3. The van der Waals surface area contributed by atoms with Gasteiger partial charge in [0, 0.05) is 25.6 Å². The molecule has 1 aliphatic carbocycles. The molecular formula is C16H23ClN2O2. The Morgan fingerprint density at radius 3 is 2.81 bits per heavy atom. The van der Waals surface area contributed by atoms with E-state index in [1.165, 1.54) is 25.7 Å². The van der Waals surface area contributed by atoms with Gasteiger partial charge >= 0.3 is 0 Å². The van der Waals surface area contributed by atoms with E-state index in [0.29, 0.717) is 29.5 Å². The van der Waals surface area contributed by atoms with Crippen molar-refractivity contribution in [2.45, 2.75) is 44.7 Å². The molecule has 0 unspecified atom stereocenters. The van der Waals surface area contributed by atoms with E-state index in [4.69, 9.17) is 16.0 Å². The molecule has 1 amide bonds. The molecule has 1 aliphatic heterocycles. The van der Waals surface area contributed by atoms with Gasteiger partial charge in [0.25, 0.3) is 0 Å². The molecule has 2 aliphatic rings. The Labute approximate surface area is 131 Å². The summed E-state index contributed by atoms with van der Waals surface area (Å²) in [4.78, 5) is 16.5. The standard InChI is InChI=1S/C16H23ClN2O2/c1-18(11-14-6-7-15(17)21-14)9-12-8-16(20)19(10-12)13-4-2-3-5-13/h6-7,12-13H,2-5,8-11H2,1H3/t12-/m0/s1. The summed E-state index contributed by atoms with van der Waals surface area (Å²) in [6.07, 6.45) is 5.63. The zero-order chi connectivity index (χ0) is 14.8. The predicted molar refractivity (Wildman–Crippen MR) is 82.1 cm³/mol. The largest absolute Gasteiger partial charge is 0.448 e. The third-order valence-corrected chi connectivity index (χ3v) is 4.83. The van der Waals surface area contributed by atoms with Gasteiger partial charge in [-0.25, -0.2) is 0 Å². The molecular weight excluding hydrogens is 288 g/mol. The third kappa shape index (κ3) is 3.61. The van der Waals surface area contributed by atoms with Crippen LogP contribution in [0.15, 0.2) is 16.5 Å². The molecule has 4 nitrogen and oxygen atoms in total. The van der Waals surface area contributed by atoms with Crippen LogP contribution in [0.3, 0.4) is 0 Å². The summed E-state index contributed by atoms with van der Waals surface area (Å²) in [5.41, 5.74) is 0. The second kappa shape index (κ2) is 6.41. The second-order valence-corrected chi connectivity index (χ2v) is 6.83. The van der Waals surface area contributed by atoms with Crippen molar-refractivity contribution < 1.29 is 9.21 Å². The lowest BCUT2D eigenvalue weighted by Crippen LogP contribution is -2.35. The minimum absolute atomic E-state index is 0.348. The molecule has 1 aromatic heterocycles. The molecule has 1 aromatic rings. The molecule has 0 aromatic carbocycles. The number of carbonyl (C=O) groups excluding carboxylic acids is 1. The number of nitrogens with zero attached hydrogens (tertiary/aromatic N) is 2. The number of furan rings is 1. The first kappa shape index (κ1) is 14.9. The topological polar surface area (TPSA) is 36.7 Å². The molecule has 0 radical (unpaired) electrons. The van der Waals surface area contributed by atoms with Crippen LogP contribution in [0, 0.1) is 5.92 Å². The van der Waals surface area contributed by atoms with Gasteiger partial charge in [-0.1, -0.05) is 12.8 Å². The Kier molecular flexibility index (Phi) is 4.55. The molecule has 1 atom stereocenters. The van der Waals surface area contributed by atoms with Crippen molar-refractivity contribution in [3.05, 3.63) is 23.1 Å². The van der Waals surface area contributed by atoms with Crippen LogP contribution in [0.5, 0.6) is 0 Å². The number of amides is 1. The molecule has 0 spiro atoms. The quantitative estimate of drug-likeness (QED) is 0.838. The monoisotopic (exact) mass is 310 g/mol. The maximum Gasteiger partial charge on any atom is 0.223 e. The van der Waals surface area contributed by atoms with Crippen LogP contribution in [0.25, 0.3) is 0 Å². The smallest absolute Gasteiger partial charge is 0.223 e. The van der Waals surface area contributed by atoms with Gasteiger partial charge in [0.15, 0.2) is 5.22 Å². The van der Waals surface area contributed by atoms with Gasteiger partial charge in [-0.2, -0.15) is 0 Å². The first-order chi connectivity index (χ1) is 10.1. The van der Waals surface area contributed by atoms with Crippen molar-refractivity contribution >= 4 is 17.5 Å². The Bertz CT molecular complexity index is 496. The third-order valence-electron chi connectivity index (χ3n) is 4.63.